The average Bonchev–Trinajstić information content (AvgIpc) is 3.30. The second-order valence-electron chi connectivity index (χ2n) is 6.87. The smallest absolute Gasteiger partial charge is 0.271 e. The lowest BCUT2D eigenvalue weighted by Gasteiger charge is -2.17. The Morgan fingerprint density at radius 3 is 2.31 bits per heavy atom. The highest BCUT2D eigenvalue weighted by Crippen LogP contribution is 2.18. The number of aromatic nitrogens is 2. The minimum absolute atomic E-state index is 0.205. The molecule has 0 saturated carbocycles. The van der Waals surface area contributed by atoms with Crippen molar-refractivity contribution in [3.63, 3.8) is 0 Å². The van der Waals surface area contributed by atoms with Gasteiger partial charge in [-0.2, -0.15) is 4.68 Å². The van der Waals surface area contributed by atoms with Gasteiger partial charge in [0, 0.05) is 30.4 Å². The number of nitrogens with one attached hydrogen (secondary N) is 1. The third-order valence-corrected chi connectivity index (χ3v) is 4.94. The van der Waals surface area contributed by atoms with E-state index < -0.39 is 0 Å². The van der Waals surface area contributed by atoms with Gasteiger partial charge in [-0.1, -0.05) is 0 Å². The van der Waals surface area contributed by atoms with Crippen molar-refractivity contribution in [1.82, 2.24) is 9.78 Å². The lowest BCUT2D eigenvalue weighted by Crippen LogP contribution is -2.26. The third-order valence-electron chi connectivity index (χ3n) is 4.94. The number of methoxy groups -OCH3 is 1. The Labute approximate surface area is 168 Å². The molecule has 0 aliphatic carbocycles. The van der Waals surface area contributed by atoms with Crippen molar-refractivity contribution in [2.24, 2.45) is 0 Å². The molecule has 1 N–H and O–H groups in total. The molecule has 1 aliphatic heterocycles. The molecular weight excluding hydrogens is 368 g/mol. The fourth-order valence-corrected chi connectivity index (χ4v) is 3.33. The van der Waals surface area contributed by atoms with Crippen LogP contribution in [-0.2, 0) is 0 Å². The lowest BCUT2D eigenvalue weighted by molar-refractivity contribution is 0.102. The molecule has 0 atom stereocenters. The first-order valence-electron chi connectivity index (χ1n) is 9.55. The number of rotatable bonds is 5. The van der Waals surface area contributed by atoms with Crippen LogP contribution in [0.1, 0.15) is 23.2 Å². The van der Waals surface area contributed by atoms with Crippen LogP contribution < -0.4 is 20.5 Å². The summed E-state index contributed by atoms with van der Waals surface area (Å²) in [6, 6.07) is 17.2. The normalized spacial score (nSPS) is 13.3. The van der Waals surface area contributed by atoms with E-state index in [4.69, 9.17) is 4.74 Å². The minimum Gasteiger partial charge on any atom is -0.497 e. The number of anilines is 2. The van der Waals surface area contributed by atoms with Crippen molar-refractivity contribution in [2.45, 2.75) is 12.8 Å². The first-order chi connectivity index (χ1) is 14.1. The van der Waals surface area contributed by atoms with Crippen molar-refractivity contribution >= 4 is 17.4 Å². The number of amides is 1. The molecule has 2 aromatic carbocycles. The topological polar surface area (TPSA) is 76.5 Å². The van der Waals surface area contributed by atoms with Crippen LogP contribution in [0.4, 0.5) is 11.5 Å². The van der Waals surface area contributed by atoms with Gasteiger partial charge in [-0.15, -0.1) is 5.10 Å². The van der Waals surface area contributed by atoms with E-state index in [0.29, 0.717) is 16.9 Å². The van der Waals surface area contributed by atoms with Gasteiger partial charge in [0.2, 0.25) is 0 Å². The van der Waals surface area contributed by atoms with E-state index in [9.17, 15) is 9.59 Å². The Morgan fingerprint density at radius 2 is 1.66 bits per heavy atom. The number of nitrogens with zero attached hydrogens (tertiary/aromatic N) is 3. The summed E-state index contributed by atoms with van der Waals surface area (Å²) >= 11 is 0. The first kappa shape index (κ1) is 18.7. The average molecular weight is 390 g/mol. The van der Waals surface area contributed by atoms with E-state index >= 15 is 0 Å². The fourth-order valence-electron chi connectivity index (χ4n) is 3.33. The standard InChI is InChI=1S/C22H22N4O3/c1-29-19-10-6-17(7-11-19)23-22(28)16-4-8-18(9-5-16)26-21(27)13-12-20(24-26)25-14-2-3-15-25/h4-13H,2-3,14-15H2,1H3,(H,23,28). The maximum atomic E-state index is 12.5. The van der Waals surface area contributed by atoms with E-state index in [1.54, 1.807) is 61.7 Å². The maximum absolute atomic E-state index is 12.5. The summed E-state index contributed by atoms with van der Waals surface area (Å²) in [5.74, 6) is 1.29. The number of ether oxygens (including phenoxy) is 1. The van der Waals surface area contributed by atoms with Gasteiger partial charge in [0.05, 0.1) is 12.8 Å². The number of benzene rings is 2. The van der Waals surface area contributed by atoms with Crippen LogP contribution in [0.3, 0.4) is 0 Å². The van der Waals surface area contributed by atoms with E-state index in [1.807, 2.05) is 0 Å². The zero-order valence-electron chi connectivity index (χ0n) is 16.2. The number of hydrogen-bond acceptors (Lipinski definition) is 5. The molecule has 29 heavy (non-hydrogen) atoms. The van der Waals surface area contributed by atoms with Crippen LogP contribution in [0.2, 0.25) is 0 Å². The van der Waals surface area contributed by atoms with Crippen LogP contribution in [0.15, 0.2) is 65.5 Å². The van der Waals surface area contributed by atoms with Gasteiger partial charge in [0.25, 0.3) is 11.5 Å². The van der Waals surface area contributed by atoms with Gasteiger partial charge < -0.3 is 15.0 Å². The summed E-state index contributed by atoms with van der Waals surface area (Å²) in [6.07, 6.45) is 2.28. The van der Waals surface area contributed by atoms with Gasteiger partial charge in [-0.25, -0.2) is 0 Å². The zero-order chi connectivity index (χ0) is 20.2. The summed E-state index contributed by atoms with van der Waals surface area (Å²) in [5, 5.41) is 7.34. The van der Waals surface area contributed by atoms with Crippen molar-refractivity contribution in [1.29, 1.82) is 0 Å². The van der Waals surface area contributed by atoms with Gasteiger partial charge >= 0.3 is 0 Å². The molecule has 148 valence electrons. The molecule has 0 radical (unpaired) electrons. The Hall–Kier alpha value is -3.61. The highest BCUT2D eigenvalue weighted by molar-refractivity contribution is 6.04. The molecule has 1 aromatic heterocycles. The van der Waals surface area contributed by atoms with Gasteiger partial charge in [-0.05, 0) is 67.4 Å². The van der Waals surface area contributed by atoms with Crippen LogP contribution in [-0.4, -0.2) is 35.9 Å². The van der Waals surface area contributed by atoms with Gasteiger partial charge in [-0.3, -0.25) is 9.59 Å². The quantitative estimate of drug-likeness (QED) is 0.725. The molecule has 1 fully saturated rings. The Balaban J connectivity index is 1.52. The maximum Gasteiger partial charge on any atom is 0.271 e. The molecule has 1 aliphatic rings. The second-order valence-corrected chi connectivity index (χ2v) is 6.87. The van der Waals surface area contributed by atoms with Gasteiger partial charge in [0.15, 0.2) is 0 Å². The predicted molar refractivity (Wildman–Crippen MR) is 112 cm³/mol. The Morgan fingerprint density at radius 1 is 0.966 bits per heavy atom. The number of carbonyl (C=O) groups is 1. The molecule has 7 heteroatoms. The summed E-state index contributed by atoms with van der Waals surface area (Å²) < 4.78 is 6.49. The molecule has 0 unspecified atom stereocenters. The Kier molecular flexibility index (Phi) is 5.29. The summed E-state index contributed by atoms with van der Waals surface area (Å²) in [5.41, 5.74) is 1.59. The largest absolute Gasteiger partial charge is 0.497 e. The summed E-state index contributed by atoms with van der Waals surface area (Å²) in [4.78, 5) is 26.9. The van der Waals surface area contributed by atoms with Crippen molar-refractivity contribution in [2.75, 3.05) is 30.4 Å². The summed E-state index contributed by atoms with van der Waals surface area (Å²) in [6.45, 7) is 1.91. The summed E-state index contributed by atoms with van der Waals surface area (Å²) in [7, 11) is 1.59. The molecular formula is C22H22N4O3. The Bertz CT molecular complexity index is 1050. The van der Waals surface area contributed by atoms with E-state index in [0.717, 1.165) is 37.5 Å². The van der Waals surface area contributed by atoms with E-state index in [1.165, 1.54) is 10.7 Å². The van der Waals surface area contributed by atoms with Gasteiger partial charge in [0.1, 0.15) is 11.6 Å². The molecule has 7 nitrogen and oxygen atoms in total. The number of hydrogen-bond donors (Lipinski definition) is 1. The van der Waals surface area contributed by atoms with Crippen LogP contribution in [0.25, 0.3) is 5.69 Å². The van der Waals surface area contributed by atoms with Crippen LogP contribution in [0.5, 0.6) is 5.75 Å². The highest BCUT2D eigenvalue weighted by atomic mass is 16.5. The molecule has 2 heterocycles. The monoisotopic (exact) mass is 390 g/mol. The molecule has 1 saturated heterocycles. The molecule has 0 bridgehead atoms. The second kappa shape index (κ2) is 8.18. The van der Waals surface area contributed by atoms with E-state index in [-0.39, 0.29) is 11.5 Å². The van der Waals surface area contributed by atoms with E-state index in [2.05, 4.69) is 15.3 Å². The fraction of sp³-hybridized carbons (Fsp3) is 0.227. The molecule has 4 rings (SSSR count). The molecule has 1 amide bonds. The number of carbonyl (C=O) groups excluding carboxylic acids is 1. The van der Waals surface area contributed by atoms with Crippen LogP contribution >= 0.6 is 0 Å². The van der Waals surface area contributed by atoms with Crippen molar-refractivity contribution in [3.05, 3.63) is 76.6 Å². The molecule has 3 aromatic rings. The molecule has 0 spiro atoms. The predicted octanol–water partition coefficient (Wildman–Crippen LogP) is 3.09. The third kappa shape index (κ3) is 4.13. The SMILES string of the molecule is COc1ccc(NC(=O)c2ccc(-n3nc(N4CCCC4)ccc3=O)cc2)cc1. The first-order valence-corrected chi connectivity index (χ1v) is 9.55. The highest BCUT2D eigenvalue weighted by Gasteiger charge is 2.15. The van der Waals surface area contributed by atoms with Crippen molar-refractivity contribution < 1.29 is 9.53 Å². The minimum atomic E-state index is -0.229. The van der Waals surface area contributed by atoms with Crippen molar-refractivity contribution in [3.8, 4) is 11.4 Å². The lowest BCUT2D eigenvalue weighted by atomic mass is 10.2. The van der Waals surface area contributed by atoms with Crippen LogP contribution in [0, 0.1) is 0 Å². The zero-order valence-corrected chi connectivity index (χ0v) is 16.2.